The lowest BCUT2D eigenvalue weighted by Crippen LogP contribution is -2.25. The molecule has 0 aliphatic heterocycles. The number of benzene rings is 2. The van der Waals surface area contributed by atoms with E-state index in [9.17, 15) is 4.39 Å². The summed E-state index contributed by atoms with van der Waals surface area (Å²) in [6, 6.07) is 16.8. The van der Waals surface area contributed by atoms with Crippen LogP contribution in [0, 0.1) is 5.82 Å². The van der Waals surface area contributed by atoms with Crippen molar-refractivity contribution >= 4 is 0 Å². The van der Waals surface area contributed by atoms with E-state index in [-0.39, 0.29) is 11.9 Å². The fraction of sp³-hybridized carbons (Fsp3) is 0.176. The summed E-state index contributed by atoms with van der Waals surface area (Å²) in [5.74, 6) is -0.216. The fourth-order valence-corrected chi connectivity index (χ4v) is 2.38. The van der Waals surface area contributed by atoms with Crippen molar-refractivity contribution in [3.8, 4) is 0 Å². The van der Waals surface area contributed by atoms with Crippen molar-refractivity contribution in [3.05, 3.63) is 84.2 Å². The van der Waals surface area contributed by atoms with Crippen LogP contribution < -0.4 is 5.32 Å². The van der Waals surface area contributed by atoms with Crippen molar-refractivity contribution < 1.29 is 4.39 Å². The number of rotatable bonds is 6. The van der Waals surface area contributed by atoms with Gasteiger partial charge in [-0.15, -0.1) is 0 Å². The van der Waals surface area contributed by atoms with Crippen LogP contribution in [0.25, 0.3) is 0 Å². The van der Waals surface area contributed by atoms with Crippen molar-refractivity contribution in [1.82, 2.24) is 20.1 Å². The Morgan fingerprint density at radius 2 is 1.95 bits per heavy atom. The van der Waals surface area contributed by atoms with Gasteiger partial charge in [0, 0.05) is 6.54 Å². The molecule has 3 aromatic rings. The molecule has 1 aromatic heterocycles. The third kappa shape index (κ3) is 3.77. The van der Waals surface area contributed by atoms with E-state index in [4.69, 9.17) is 0 Å². The lowest BCUT2D eigenvalue weighted by molar-refractivity contribution is 0.436. The first-order chi connectivity index (χ1) is 10.8. The first-order valence-corrected chi connectivity index (χ1v) is 7.16. The molecule has 0 spiro atoms. The molecule has 2 aromatic carbocycles. The van der Waals surface area contributed by atoms with Gasteiger partial charge in [-0.3, -0.25) is 4.68 Å². The number of hydrogen-bond acceptors (Lipinski definition) is 3. The largest absolute Gasteiger partial charge is 0.304 e. The molecule has 22 heavy (non-hydrogen) atoms. The topological polar surface area (TPSA) is 42.7 Å². The average Bonchev–Trinajstić information content (AvgIpc) is 3.05. The van der Waals surface area contributed by atoms with E-state index < -0.39 is 0 Å². The molecule has 1 atom stereocenters. The molecule has 0 bridgehead atoms. The van der Waals surface area contributed by atoms with E-state index in [0.29, 0.717) is 13.1 Å². The predicted molar refractivity (Wildman–Crippen MR) is 82.4 cm³/mol. The van der Waals surface area contributed by atoms with Crippen LogP contribution in [0.15, 0.2) is 67.3 Å². The van der Waals surface area contributed by atoms with Gasteiger partial charge in [0.15, 0.2) is 0 Å². The maximum absolute atomic E-state index is 13.3. The Kier molecular flexibility index (Phi) is 4.56. The lowest BCUT2D eigenvalue weighted by atomic mass is 10.1. The van der Waals surface area contributed by atoms with Crippen LogP contribution in [0.5, 0.6) is 0 Å². The summed E-state index contributed by atoms with van der Waals surface area (Å²) < 4.78 is 15.1. The molecular weight excluding hydrogens is 279 g/mol. The van der Waals surface area contributed by atoms with Crippen LogP contribution in [-0.4, -0.2) is 14.8 Å². The second-order valence-corrected chi connectivity index (χ2v) is 5.09. The van der Waals surface area contributed by atoms with Gasteiger partial charge in [0.05, 0.1) is 12.6 Å². The summed E-state index contributed by atoms with van der Waals surface area (Å²) in [5, 5.41) is 7.62. The fourth-order valence-electron chi connectivity index (χ4n) is 2.38. The minimum Gasteiger partial charge on any atom is -0.304 e. The summed E-state index contributed by atoms with van der Waals surface area (Å²) in [4.78, 5) is 3.97. The van der Waals surface area contributed by atoms with E-state index in [1.54, 1.807) is 23.1 Å². The summed E-state index contributed by atoms with van der Waals surface area (Å²) in [6.45, 7) is 1.26. The summed E-state index contributed by atoms with van der Waals surface area (Å²) >= 11 is 0. The van der Waals surface area contributed by atoms with E-state index in [1.807, 2.05) is 24.3 Å². The van der Waals surface area contributed by atoms with Crippen LogP contribution in [0.1, 0.15) is 17.2 Å². The summed E-state index contributed by atoms with van der Waals surface area (Å²) in [5.41, 5.74) is 2.08. The van der Waals surface area contributed by atoms with E-state index >= 15 is 0 Å². The minimum absolute atomic E-state index is 0.0752. The third-order valence-corrected chi connectivity index (χ3v) is 3.48. The second kappa shape index (κ2) is 6.95. The van der Waals surface area contributed by atoms with Crippen molar-refractivity contribution in [2.24, 2.45) is 0 Å². The van der Waals surface area contributed by atoms with Gasteiger partial charge >= 0.3 is 0 Å². The molecule has 1 N–H and O–H groups in total. The highest BCUT2D eigenvalue weighted by molar-refractivity contribution is 5.20. The smallest absolute Gasteiger partial charge is 0.137 e. The molecule has 1 unspecified atom stereocenters. The first-order valence-electron chi connectivity index (χ1n) is 7.16. The standard InChI is InChI=1S/C17H17FN4/c18-16-8-4-5-14(9-16)10-20-17(11-22-13-19-12-21-22)15-6-2-1-3-7-15/h1-9,12-13,17,20H,10-11H2. The minimum atomic E-state index is -0.216. The monoisotopic (exact) mass is 296 g/mol. The van der Waals surface area contributed by atoms with Crippen molar-refractivity contribution in [2.75, 3.05) is 0 Å². The van der Waals surface area contributed by atoms with Crippen molar-refractivity contribution in [2.45, 2.75) is 19.1 Å². The Bertz CT molecular complexity index is 698. The number of nitrogens with one attached hydrogen (secondary N) is 1. The Balaban J connectivity index is 1.73. The molecule has 0 aliphatic rings. The van der Waals surface area contributed by atoms with Gasteiger partial charge in [0.1, 0.15) is 18.5 Å². The van der Waals surface area contributed by atoms with Gasteiger partial charge in [0.25, 0.3) is 0 Å². The second-order valence-electron chi connectivity index (χ2n) is 5.09. The maximum atomic E-state index is 13.3. The molecule has 0 fully saturated rings. The zero-order chi connectivity index (χ0) is 15.2. The summed E-state index contributed by atoms with van der Waals surface area (Å²) in [7, 11) is 0. The van der Waals surface area contributed by atoms with Gasteiger partial charge in [-0.2, -0.15) is 5.10 Å². The van der Waals surface area contributed by atoms with E-state index in [2.05, 4.69) is 27.5 Å². The molecule has 0 aliphatic carbocycles. The predicted octanol–water partition coefficient (Wildman–Crippen LogP) is 2.95. The Hall–Kier alpha value is -2.53. The highest BCUT2D eigenvalue weighted by atomic mass is 19.1. The number of halogens is 1. The van der Waals surface area contributed by atoms with Gasteiger partial charge < -0.3 is 5.32 Å². The molecule has 3 rings (SSSR count). The Labute approximate surface area is 128 Å². The van der Waals surface area contributed by atoms with Crippen molar-refractivity contribution in [1.29, 1.82) is 0 Å². The summed E-state index contributed by atoms with van der Waals surface area (Å²) in [6.07, 6.45) is 3.22. The molecular formula is C17H17FN4. The Morgan fingerprint density at radius 1 is 1.09 bits per heavy atom. The quantitative estimate of drug-likeness (QED) is 0.760. The van der Waals surface area contributed by atoms with Crippen molar-refractivity contribution in [3.63, 3.8) is 0 Å². The third-order valence-electron chi connectivity index (χ3n) is 3.48. The lowest BCUT2D eigenvalue weighted by Gasteiger charge is -2.19. The van der Waals surface area contributed by atoms with Crippen LogP contribution in [0.4, 0.5) is 4.39 Å². The van der Waals surface area contributed by atoms with Crippen LogP contribution in [0.3, 0.4) is 0 Å². The number of nitrogens with zero attached hydrogens (tertiary/aromatic N) is 3. The average molecular weight is 296 g/mol. The molecule has 0 amide bonds. The highest BCUT2D eigenvalue weighted by Crippen LogP contribution is 2.15. The normalized spacial score (nSPS) is 12.2. The molecule has 4 nitrogen and oxygen atoms in total. The molecule has 5 heteroatoms. The van der Waals surface area contributed by atoms with E-state index in [0.717, 1.165) is 11.1 Å². The molecule has 0 saturated heterocycles. The first kappa shape index (κ1) is 14.4. The van der Waals surface area contributed by atoms with Crippen LogP contribution in [0.2, 0.25) is 0 Å². The van der Waals surface area contributed by atoms with Gasteiger partial charge in [-0.1, -0.05) is 42.5 Å². The molecule has 0 saturated carbocycles. The van der Waals surface area contributed by atoms with Gasteiger partial charge in [-0.05, 0) is 23.3 Å². The zero-order valence-electron chi connectivity index (χ0n) is 12.1. The highest BCUT2D eigenvalue weighted by Gasteiger charge is 2.12. The zero-order valence-corrected chi connectivity index (χ0v) is 12.1. The maximum Gasteiger partial charge on any atom is 0.137 e. The molecule has 0 radical (unpaired) electrons. The number of aromatic nitrogens is 3. The van der Waals surface area contributed by atoms with Crippen LogP contribution in [-0.2, 0) is 13.1 Å². The SMILES string of the molecule is Fc1cccc(CNC(Cn2cncn2)c2ccccc2)c1. The number of hydrogen-bond donors (Lipinski definition) is 1. The molecule has 1 heterocycles. The van der Waals surface area contributed by atoms with Gasteiger partial charge in [0.2, 0.25) is 0 Å². The van der Waals surface area contributed by atoms with Crippen LogP contribution >= 0.6 is 0 Å². The Morgan fingerprint density at radius 3 is 2.68 bits per heavy atom. The van der Waals surface area contributed by atoms with Gasteiger partial charge in [-0.25, -0.2) is 9.37 Å². The van der Waals surface area contributed by atoms with E-state index in [1.165, 1.54) is 12.4 Å². The molecule has 112 valence electrons.